The smallest absolute Gasteiger partial charge is 0.242 e. The van der Waals surface area contributed by atoms with E-state index in [2.05, 4.69) is 10.6 Å². The summed E-state index contributed by atoms with van der Waals surface area (Å²) >= 11 is 6.22. The predicted molar refractivity (Wildman–Crippen MR) is 84.9 cm³/mol. The van der Waals surface area contributed by atoms with Crippen molar-refractivity contribution in [2.75, 3.05) is 19.8 Å². The molecule has 3 rings (SSSR count). The predicted octanol–water partition coefficient (Wildman–Crippen LogP) is 1.44. The van der Waals surface area contributed by atoms with E-state index in [-0.39, 0.29) is 18.2 Å². The zero-order chi connectivity index (χ0) is 16.2. The summed E-state index contributed by atoms with van der Waals surface area (Å²) in [4.78, 5) is 23.8. The molecule has 1 fully saturated rings. The number of nitrogens with one attached hydrogen (secondary N) is 2. The van der Waals surface area contributed by atoms with Crippen molar-refractivity contribution < 1.29 is 19.1 Å². The van der Waals surface area contributed by atoms with E-state index < -0.39 is 6.04 Å². The van der Waals surface area contributed by atoms with Gasteiger partial charge in [0.1, 0.15) is 6.04 Å². The highest BCUT2D eigenvalue weighted by Crippen LogP contribution is 2.38. The molecule has 6 nitrogen and oxygen atoms in total. The van der Waals surface area contributed by atoms with Crippen LogP contribution in [0.3, 0.4) is 0 Å². The Balaban J connectivity index is 1.67. The number of halogens is 1. The Labute approximate surface area is 139 Å². The van der Waals surface area contributed by atoms with Gasteiger partial charge in [0, 0.05) is 13.0 Å². The lowest BCUT2D eigenvalue weighted by atomic mass is 10.1. The van der Waals surface area contributed by atoms with E-state index in [9.17, 15) is 9.59 Å². The maximum absolute atomic E-state index is 12.2. The molecule has 2 aliphatic heterocycles. The summed E-state index contributed by atoms with van der Waals surface area (Å²) in [6.45, 7) is 1.79. The minimum atomic E-state index is -0.452. The number of benzene rings is 1. The van der Waals surface area contributed by atoms with E-state index in [1.807, 2.05) is 0 Å². The van der Waals surface area contributed by atoms with Gasteiger partial charge in [-0.15, -0.1) is 0 Å². The molecule has 0 aliphatic carbocycles. The molecule has 124 valence electrons. The number of carbonyl (C=O) groups is 2. The number of rotatable bonds is 3. The topological polar surface area (TPSA) is 76.7 Å². The molecule has 0 spiro atoms. The second kappa shape index (κ2) is 7.08. The van der Waals surface area contributed by atoms with Crippen LogP contribution < -0.4 is 20.1 Å². The highest BCUT2D eigenvalue weighted by Gasteiger charge is 2.24. The van der Waals surface area contributed by atoms with Crippen molar-refractivity contribution in [2.24, 2.45) is 0 Å². The van der Waals surface area contributed by atoms with Gasteiger partial charge in [-0.25, -0.2) is 0 Å². The van der Waals surface area contributed by atoms with Gasteiger partial charge in [0.2, 0.25) is 11.8 Å². The summed E-state index contributed by atoms with van der Waals surface area (Å²) in [7, 11) is 0. The first-order chi connectivity index (χ1) is 11.1. The SMILES string of the molecule is O=C(Cc1cc(Cl)c2c(c1)OCCCO2)N[C@H]1CCCNC1=O. The summed E-state index contributed by atoms with van der Waals surface area (Å²) in [5.41, 5.74) is 0.730. The van der Waals surface area contributed by atoms with Gasteiger partial charge in [-0.1, -0.05) is 11.6 Å². The summed E-state index contributed by atoms with van der Waals surface area (Å²) in [6.07, 6.45) is 2.46. The van der Waals surface area contributed by atoms with Crippen LogP contribution in [0.25, 0.3) is 0 Å². The number of amides is 2. The standard InChI is InChI=1S/C16H19ClN2O4/c17-11-7-10(8-13-15(11)23-6-2-5-22-13)9-14(20)19-12-3-1-4-18-16(12)21/h7-8,12H,1-6,9H2,(H,18,21)(H,19,20)/t12-/m0/s1. The molecule has 1 aromatic rings. The third-order valence-electron chi connectivity index (χ3n) is 3.85. The van der Waals surface area contributed by atoms with E-state index in [1.165, 1.54) is 0 Å². The van der Waals surface area contributed by atoms with Crippen LogP contribution in [0.4, 0.5) is 0 Å². The zero-order valence-corrected chi connectivity index (χ0v) is 13.4. The highest BCUT2D eigenvalue weighted by atomic mass is 35.5. The molecular formula is C16H19ClN2O4. The van der Waals surface area contributed by atoms with Crippen molar-refractivity contribution in [3.8, 4) is 11.5 Å². The number of fused-ring (bicyclic) bond motifs is 1. The number of piperidine rings is 1. The van der Waals surface area contributed by atoms with E-state index in [1.54, 1.807) is 12.1 Å². The summed E-state index contributed by atoms with van der Waals surface area (Å²) in [5.74, 6) is 0.757. The van der Waals surface area contributed by atoms with Crippen molar-refractivity contribution >= 4 is 23.4 Å². The Morgan fingerprint density at radius 3 is 2.96 bits per heavy atom. The van der Waals surface area contributed by atoms with Gasteiger partial charge in [0.05, 0.1) is 24.7 Å². The summed E-state index contributed by atoms with van der Waals surface area (Å²) < 4.78 is 11.2. The normalized spacial score (nSPS) is 20.4. The first-order valence-electron chi connectivity index (χ1n) is 7.78. The van der Waals surface area contributed by atoms with Crippen LogP contribution >= 0.6 is 11.6 Å². The molecule has 1 saturated heterocycles. The largest absolute Gasteiger partial charge is 0.489 e. The van der Waals surface area contributed by atoms with Crippen molar-refractivity contribution in [3.63, 3.8) is 0 Å². The maximum Gasteiger partial charge on any atom is 0.242 e. The lowest BCUT2D eigenvalue weighted by molar-refractivity contribution is -0.129. The number of carbonyl (C=O) groups excluding carboxylic acids is 2. The van der Waals surface area contributed by atoms with Crippen molar-refractivity contribution in [3.05, 3.63) is 22.7 Å². The Morgan fingerprint density at radius 1 is 1.30 bits per heavy atom. The Kier molecular flexibility index (Phi) is 4.91. The summed E-state index contributed by atoms with van der Waals surface area (Å²) in [6, 6.07) is 3.02. The van der Waals surface area contributed by atoms with E-state index in [0.717, 1.165) is 18.4 Å². The van der Waals surface area contributed by atoms with Gasteiger partial charge < -0.3 is 20.1 Å². The lowest BCUT2D eigenvalue weighted by Crippen LogP contribution is -2.50. The average molecular weight is 339 g/mol. The molecule has 2 aliphatic rings. The van der Waals surface area contributed by atoms with E-state index in [0.29, 0.717) is 42.7 Å². The molecule has 1 atom stereocenters. The molecular weight excluding hydrogens is 320 g/mol. The Bertz CT molecular complexity index is 620. The van der Waals surface area contributed by atoms with Gasteiger partial charge in [0.25, 0.3) is 0 Å². The average Bonchev–Trinajstić information content (AvgIpc) is 2.75. The molecule has 23 heavy (non-hydrogen) atoms. The Morgan fingerprint density at radius 2 is 2.13 bits per heavy atom. The van der Waals surface area contributed by atoms with Crippen LogP contribution in [-0.4, -0.2) is 37.6 Å². The number of hydrogen-bond donors (Lipinski definition) is 2. The van der Waals surface area contributed by atoms with Crippen LogP contribution in [0.1, 0.15) is 24.8 Å². The molecule has 0 saturated carbocycles. The third-order valence-corrected chi connectivity index (χ3v) is 4.13. The molecule has 0 bridgehead atoms. The van der Waals surface area contributed by atoms with Gasteiger partial charge in [-0.3, -0.25) is 9.59 Å². The minimum absolute atomic E-state index is 0.124. The number of hydrogen-bond acceptors (Lipinski definition) is 4. The molecule has 2 amide bonds. The first-order valence-corrected chi connectivity index (χ1v) is 8.16. The second-order valence-electron chi connectivity index (χ2n) is 5.69. The van der Waals surface area contributed by atoms with Crippen LogP contribution in [0, 0.1) is 0 Å². The van der Waals surface area contributed by atoms with Crippen molar-refractivity contribution in [2.45, 2.75) is 31.7 Å². The Hall–Kier alpha value is -1.95. The molecule has 7 heteroatoms. The maximum atomic E-state index is 12.2. The fourth-order valence-corrected chi connectivity index (χ4v) is 3.01. The molecule has 1 aromatic carbocycles. The van der Waals surface area contributed by atoms with Gasteiger partial charge >= 0.3 is 0 Å². The second-order valence-corrected chi connectivity index (χ2v) is 6.09. The molecule has 2 heterocycles. The van der Waals surface area contributed by atoms with Crippen LogP contribution in [0.15, 0.2) is 12.1 Å². The monoisotopic (exact) mass is 338 g/mol. The minimum Gasteiger partial charge on any atom is -0.489 e. The fourth-order valence-electron chi connectivity index (χ4n) is 2.73. The highest BCUT2D eigenvalue weighted by molar-refractivity contribution is 6.32. The lowest BCUT2D eigenvalue weighted by Gasteiger charge is -2.22. The van der Waals surface area contributed by atoms with Crippen LogP contribution in [0.2, 0.25) is 5.02 Å². The van der Waals surface area contributed by atoms with Gasteiger partial charge in [-0.05, 0) is 30.5 Å². The zero-order valence-electron chi connectivity index (χ0n) is 12.7. The van der Waals surface area contributed by atoms with E-state index >= 15 is 0 Å². The summed E-state index contributed by atoms with van der Waals surface area (Å²) in [5, 5.41) is 5.94. The quantitative estimate of drug-likeness (QED) is 0.874. The van der Waals surface area contributed by atoms with Crippen molar-refractivity contribution in [1.82, 2.24) is 10.6 Å². The first kappa shape index (κ1) is 15.9. The van der Waals surface area contributed by atoms with Crippen LogP contribution in [-0.2, 0) is 16.0 Å². The molecule has 2 N–H and O–H groups in total. The molecule has 0 unspecified atom stereocenters. The van der Waals surface area contributed by atoms with Crippen LogP contribution in [0.5, 0.6) is 11.5 Å². The molecule has 0 aromatic heterocycles. The fraction of sp³-hybridized carbons (Fsp3) is 0.500. The van der Waals surface area contributed by atoms with Crippen molar-refractivity contribution in [1.29, 1.82) is 0 Å². The van der Waals surface area contributed by atoms with Gasteiger partial charge in [-0.2, -0.15) is 0 Å². The number of ether oxygens (including phenoxy) is 2. The van der Waals surface area contributed by atoms with Gasteiger partial charge in [0.15, 0.2) is 11.5 Å². The molecule has 0 radical (unpaired) electrons. The van der Waals surface area contributed by atoms with E-state index in [4.69, 9.17) is 21.1 Å². The third kappa shape index (κ3) is 3.88.